The predicted octanol–water partition coefficient (Wildman–Crippen LogP) is -2.32. The van der Waals surface area contributed by atoms with Crippen LogP contribution in [0.3, 0.4) is 0 Å². The lowest BCUT2D eigenvalue weighted by Crippen LogP contribution is -2.56. The first-order valence-corrected chi connectivity index (χ1v) is 4.40. The highest BCUT2D eigenvalue weighted by Crippen LogP contribution is 2.30. The summed E-state index contributed by atoms with van der Waals surface area (Å²) >= 11 is 0. The third-order valence-corrected chi connectivity index (χ3v) is 2.58. The van der Waals surface area contributed by atoms with E-state index in [9.17, 15) is 10.2 Å². The van der Waals surface area contributed by atoms with Gasteiger partial charge >= 0.3 is 0 Å². The maximum absolute atomic E-state index is 9.55. The van der Waals surface area contributed by atoms with Crippen molar-refractivity contribution in [2.24, 2.45) is 5.41 Å². The second-order valence-corrected chi connectivity index (χ2v) is 3.44. The summed E-state index contributed by atoms with van der Waals surface area (Å²) in [5, 5.41) is 36.8. The maximum Gasteiger partial charge on any atom is 0.146 e. The quantitative estimate of drug-likeness (QED) is 0.414. The van der Waals surface area contributed by atoms with E-state index in [1.165, 1.54) is 0 Å². The van der Waals surface area contributed by atoms with Gasteiger partial charge in [0.1, 0.15) is 6.79 Å². The Hall–Kier alpha value is -0.240. The molecule has 0 spiro atoms. The van der Waals surface area contributed by atoms with E-state index < -0.39 is 30.8 Å². The molecule has 0 aliphatic carbocycles. The molecule has 2 unspecified atom stereocenters. The van der Waals surface area contributed by atoms with Gasteiger partial charge in [-0.2, -0.15) is 0 Å². The van der Waals surface area contributed by atoms with Crippen LogP contribution in [0, 0.1) is 5.41 Å². The van der Waals surface area contributed by atoms with Gasteiger partial charge in [0.25, 0.3) is 0 Å². The lowest BCUT2D eigenvalue weighted by atomic mass is 9.78. The van der Waals surface area contributed by atoms with Crippen LogP contribution in [0.15, 0.2) is 0 Å². The van der Waals surface area contributed by atoms with Gasteiger partial charge in [0, 0.05) is 0 Å². The maximum atomic E-state index is 9.55. The second kappa shape index (κ2) is 5.01. The lowest BCUT2D eigenvalue weighted by Gasteiger charge is -2.42. The van der Waals surface area contributed by atoms with Crippen LogP contribution in [0.2, 0.25) is 0 Å². The first-order chi connectivity index (χ1) is 6.67. The molecule has 1 fully saturated rings. The van der Waals surface area contributed by atoms with Crippen molar-refractivity contribution in [1.82, 2.24) is 0 Å². The number of hydrogen-bond donors (Lipinski definition) is 4. The lowest BCUT2D eigenvalue weighted by molar-refractivity contribution is -0.236. The van der Waals surface area contributed by atoms with Crippen LogP contribution >= 0.6 is 0 Å². The van der Waals surface area contributed by atoms with E-state index in [4.69, 9.17) is 19.7 Å². The first-order valence-electron chi connectivity index (χ1n) is 4.40. The fourth-order valence-corrected chi connectivity index (χ4v) is 1.53. The zero-order chi connectivity index (χ0) is 10.6. The smallest absolute Gasteiger partial charge is 0.146 e. The van der Waals surface area contributed by atoms with Crippen LogP contribution in [0.25, 0.3) is 0 Å². The van der Waals surface area contributed by atoms with Crippen molar-refractivity contribution in [2.45, 2.75) is 12.2 Å². The zero-order valence-corrected chi connectivity index (χ0v) is 7.80. The molecule has 0 amide bonds. The Balaban J connectivity index is 2.76. The third kappa shape index (κ3) is 2.05. The molecular weight excluding hydrogens is 192 g/mol. The highest BCUT2D eigenvalue weighted by atomic mass is 16.7. The number of hydrogen-bond acceptors (Lipinski definition) is 6. The van der Waals surface area contributed by atoms with Gasteiger partial charge in [-0.1, -0.05) is 0 Å². The van der Waals surface area contributed by atoms with Crippen molar-refractivity contribution in [2.75, 3.05) is 33.2 Å². The van der Waals surface area contributed by atoms with Crippen molar-refractivity contribution >= 4 is 0 Å². The SMILES string of the molecule is OCC(O)C1(C(O)CO)COCOC1. The van der Waals surface area contributed by atoms with Crippen LogP contribution < -0.4 is 0 Å². The average molecular weight is 208 g/mol. The number of ether oxygens (including phenoxy) is 2. The molecule has 0 aromatic heterocycles. The molecule has 1 rings (SSSR count). The fraction of sp³-hybridized carbons (Fsp3) is 1.00. The Morgan fingerprint density at radius 2 is 1.43 bits per heavy atom. The first kappa shape index (κ1) is 11.8. The van der Waals surface area contributed by atoms with Gasteiger partial charge in [-0.3, -0.25) is 0 Å². The molecule has 84 valence electrons. The van der Waals surface area contributed by atoms with Gasteiger partial charge < -0.3 is 29.9 Å². The van der Waals surface area contributed by atoms with E-state index >= 15 is 0 Å². The standard InChI is InChI=1S/C8H16O6/c9-1-6(11)8(7(12)2-10)3-13-5-14-4-8/h6-7,9-12H,1-5H2. The Kier molecular flexibility index (Phi) is 4.24. The van der Waals surface area contributed by atoms with Crippen molar-refractivity contribution < 1.29 is 29.9 Å². The zero-order valence-electron chi connectivity index (χ0n) is 7.80. The summed E-state index contributed by atoms with van der Waals surface area (Å²) in [6, 6.07) is 0. The van der Waals surface area contributed by atoms with Gasteiger partial charge in [-0.05, 0) is 0 Å². The Morgan fingerprint density at radius 1 is 1.00 bits per heavy atom. The third-order valence-electron chi connectivity index (χ3n) is 2.58. The van der Waals surface area contributed by atoms with Gasteiger partial charge in [-0.15, -0.1) is 0 Å². The summed E-state index contributed by atoms with van der Waals surface area (Å²) in [6.45, 7) is -0.821. The summed E-state index contributed by atoms with van der Waals surface area (Å²) in [7, 11) is 0. The van der Waals surface area contributed by atoms with Crippen LogP contribution in [-0.2, 0) is 9.47 Å². The highest BCUT2D eigenvalue weighted by molar-refractivity contribution is 4.93. The van der Waals surface area contributed by atoms with E-state index in [0.717, 1.165) is 0 Å². The van der Waals surface area contributed by atoms with Crippen molar-refractivity contribution in [3.8, 4) is 0 Å². The molecule has 0 bridgehead atoms. The monoisotopic (exact) mass is 208 g/mol. The van der Waals surface area contributed by atoms with Crippen molar-refractivity contribution in [1.29, 1.82) is 0 Å². The van der Waals surface area contributed by atoms with Gasteiger partial charge in [0.2, 0.25) is 0 Å². The van der Waals surface area contributed by atoms with Crippen LogP contribution in [0.1, 0.15) is 0 Å². The van der Waals surface area contributed by atoms with Crippen molar-refractivity contribution in [3.05, 3.63) is 0 Å². The molecule has 1 saturated heterocycles. The minimum Gasteiger partial charge on any atom is -0.394 e. The molecule has 6 nitrogen and oxygen atoms in total. The largest absolute Gasteiger partial charge is 0.394 e. The molecule has 1 aliphatic rings. The molecule has 1 heterocycles. The number of aliphatic hydroxyl groups excluding tert-OH is 4. The minimum atomic E-state index is -1.18. The molecule has 4 N–H and O–H groups in total. The second-order valence-electron chi connectivity index (χ2n) is 3.44. The van der Waals surface area contributed by atoms with E-state index in [0.29, 0.717) is 0 Å². The van der Waals surface area contributed by atoms with E-state index in [2.05, 4.69) is 0 Å². The summed E-state index contributed by atoms with van der Waals surface area (Å²) in [4.78, 5) is 0. The molecule has 0 aromatic rings. The Bertz CT molecular complexity index is 155. The molecule has 0 radical (unpaired) electrons. The molecule has 0 saturated carbocycles. The van der Waals surface area contributed by atoms with E-state index in [1.807, 2.05) is 0 Å². The normalized spacial score (nSPS) is 25.7. The molecule has 14 heavy (non-hydrogen) atoms. The number of aliphatic hydroxyl groups is 4. The average Bonchev–Trinajstić information content (AvgIpc) is 2.27. The Morgan fingerprint density at radius 3 is 1.79 bits per heavy atom. The number of rotatable bonds is 4. The highest BCUT2D eigenvalue weighted by Gasteiger charge is 2.46. The Labute approximate surface area is 81.7 Å². The minimum absolute atomic E-state index is 0.0520. The molecule has 0 aromatic carbocycles. The van der Waals surface area contributed by atoms with Gasteiger partial charge in [0.05, 0.1) is 44.1 Å². The molecule has 1 aliphatic heterocycles. The fourth-order valence-electron chi connectivity index (χ4n) is 1.53. The van der Waals surface area contributed by atoms with Gasteiger partial charge in [-0.25, -0.2) is 0 Å². The van der Waals surface area contributed by atoms with E-state index in [1.54, 1.807) is 0 Å². The molecule has 6 heteroatoms. The summed E-state index contributed by atoms with van der Waals surface area (Å²) < 4.78 is 9.93. The molecule has 2 atom stereocenters. The summed E-state index contributed by atoms with van der Waals surface area (Å²) in [6.07, 6.45) is -2.35. The van der Waals surface area contributed by atoms with Crippen molar-refractivity contribution in [3.63, 3.8) is 0 Å². The van der Waals surface area contributed by atoms with Crippen LogP contribution in [0.4, 0.5) is 0 Å². The summed E-state index contributed by atoms with van der Waals surface area (Å²) in [5.74, 6) is 0. The van der Waals surface area contributed by atoms with Crippen LogP contribution in [0.5, 0.6) is 0 Å². The van der Waals surface area contributed by atoms with Crippen LogP contribution in [-0.4, -0.2) is 65.9 Å². The van der Waals surface area contributed by atoms with E-state index in [-0.39, 0.29) is 20.0 Å². The summed E-state index contributed by atoms with van der Waals surface area (Å²) in [5.41, 5.74) is -1.14. The topological polar surface area (TPSA) is 99.4 Å². The molecular formula is C8H16O6. The predicted molar refractivity (Wildman–Crippen MR) is 45.4 cm³/mol. The van der Waals surface area contributed by atoms with Gasteiger partial charge in [0.15, 0.2) is 0 Å².